The number of aliphatic imine (C=N–C) groups is 2. The van der Waals surface area contributed by atoms with Crippen molar-refractivity contribution in [3.63, 3.8) is 0 Å². The first-order valence-corrected chi connectivity index (χ1v) is 24.7. The van der Waals surface area contributed by atoms with Crippen molar-refractivity contribution >= 4 is 104 Å². The molecule has 2 aliphatic rings. The third-order valence-electron chi connectivity index (χ3n) is 15.4. The van der Waals surface area contributed by atoms with E-state index < -0.39 is 0 Å². The first kappa shape index (κ1) is 39.9. The molecule has 334 valence electrons. The number of nitrogens with zero attached hydrogens (tertiary/aromatic N) is 5. The zero-order chi connectivity index (χ0) is 46.7. The molecule has 1 aliphatic carbocycles. The summed E-state index contributed by atoms with van der Waals surface area (Å²) in [6.45, 7) is 0. The number of amidine groups is 2. The van der Waals surface area contributed by atoms with Gasteiger partial charge < -0.3 is 14.0 Å². The molecule has 0 saturated carbocycles. The van der Waals surface area contributed by atoms with Crippen molar-refractivity contribution in [3.8, 4) is 5.69 Å². The van der Waals surface area contributed by atoms with Crippen LogP contribution in [0.2, 0.25) is 0 Å². The molecular weight excluding hydrogens is 863 g/mol. The zero-order valence-corrected chi connectivity index (χ0v) is 39.0. The topological polar surface area (TPSA) is 37.8 Å². The van der Waals surface area contributed by atoms with Gasteiger partial charge in [-0.15, -0.1) is 0 Å². The Bertz CT molecular complexity index is 4470. The molecule has 3 heterocycles. The number of aromatic nitrogens is 2. The van der Waals surface area contributed by atoms with E-state index in [0.717, 1.165) is 51.2 Å². The van der Waals surface area contributed by atoms with Crippen LogP contribution in [0.1, 0.15) is 40.2 Å². The molecule has 71 heavy (non-hydrogen) atoms. The van der Waals surface area contributed by atoms with Gasteiger partial charge in [-0.2, -0.15) is 0 Å². The van der Waals surface area contributed by atoms with Crippen LogP contribution in [0.3, 0.4) is 0 Å². The van der Waals surface area contributed by atoms with E-state index in [-0.39, 0.29) is 12.2 Å². The summed E-state index contributed by atoms with van der Waals surface area (Å²) in [6.07, 6.45) is 5.39. The lowest BCUT2D eigenvalue weighted by Crippen LogP contribution is -2.35. The summed E-state index contributed by atoms with van der Waals surface area (Å²) in [7, 11) is 2.14. The highest BCUT2D eigenvalue weighted by molar-refractivity contribution is 6.19. The van der Waals surface area contributed by atoms with Gasteiger partial charge in [0.1, 0.15) is 12.0 Å². The van der Waals surface area contributed by atoms with E-state index in [1.54, 1.807) is 0 Å². The monoisotopic (exact) mass is 907 g/mol. The van der Waals surface area contributed by atoms with Crippen molar-refractivity contribution in [2.75, 3.05) is 7.05 Å². The van der Waals surface area contributed by atoms with Gasteiger partial charge >= 0.3 is 0 Å². The molecule has 0 spiro atoms. The molecule has 2 aromatic heterocycles. The zero-order valence-electron chi connectivity index (χ0n) is 39.0. The van der Waals surface area contributed by atoms with Crippen molar-refractivity contribution in [1.82, 2.24) is 14.0 Å². The third kappa shape index (κ3) is 6.19. The van der Waals surface area contributed by atoms with Crippen molar-refractivity contribution in [2.24, 2.45) is 9.98 Å². The standard InChI is InChI=1S/C66H45N5/c1-69-65(44-15-3-2-4-16-44)67-64(49-29-28-43-27-26-41-14-9-10-22-52(41)56(43)36-49)68-66(69)55-24-13-21-42-30-31-50(39-57(42)55)71-62-38-48-20-8-6-18-46(48)35-59(62)54-33-32-51(40-63(54)71)70-60-25-12-11-23-53(60)58-34-45-17-5-7-19-47(45)37-61(58)70/h2-39,51,65H,40H2,1H3. The van der Waals surface area contributed by atoms with Crippen LogP contribution in [0.5, 0.6) is 0 Å². The Balaban J connectivity index is 0.920. The van der Waals surface area contributed by atoms with E-state index in [9.17, 15) is 0 Å². The highest BCUT2D eigenvalue weighted by Crippen LogP contribution is 2.43. The van der Waals surface area contributed by atoms with Crippen LogP contribution in [0.4, 0.5) is 0 Å². The average Bonchev–Trinajstić information content (AvgIpc) is 3.92. The van der Waals surface area contributed by atoms with Gasteiger partial charge in [-0.25, -0.2) is 9.98 Å². The predicted molar refractivity (Wildman–Crippen MR) is 298 cm³/mol. The molecule has 1 aliphatic heterocycles. The molecular formula is C66H45N5. The Hall–Kier alpha value is -9.06. The number of allylic oxidation sites excluding steroid dienone is 1. The van der Waals surface area contributed by atoms with Crippen molar-refractivity contribution in [3.05, 3.63) is 252 Å². The summed E-state index contributed by atoms with van der Waals surface area (Å²) in [5.74, 6) is 1.61. The van der Waals surface area contributed by atoms with E-state index in [0.29, 0.717) is 0 Å². The average molecular weight is 908 g/mol. The van der Waals surface area contributed by atoms with E-state index in [2.05, 4.69) is 252 Å². The molecule has 5 nitrogen and oxygen atoms in total. The minimum absolute atomic E-state index is 0.0884. The summed E-state index contributed by atoms with van der Waals surface area (Å²) in [4.78, 5) is 13.2. The lowest BCUT2D eigenvalue weighted by molar-refractivity contribution is 0.383. The van der Waals surface area contributed by atoms with Crippen LogP contribution in [-0.2, 0) is 6.42 Å². The number of para-hydroxylation sites is 1. The quantitative estimate of drug-likeness (QED) is 0.159. The fourth-order valence-electron chi connectivity index (χ4n) is 12.0. The highest BCUT2D eigenvalue weighted by Gasteiger charge is 2.30. The maximum atomic E-state index is 5.54. The molecule has 0 N–H and O–H groups in total. The van der Waals surface area contributed by atoms with E-state index in [1.807, 2.05) is 0 Å². The van der Waals surface area contributed by atoms with Gasteiger partial charge in [-0.3, -0.25) is 0 Å². The van der Waals surface area contributed by atoms with Gasteiger partial charge in [-0.05, 0) is 108 Å². The largest absolute Gasteiger partial charge is 0.333 e. The lowest BCUT2D eigenvalue weighted by Gasteiger charge is -2.33. The molecule has 0 fully saturated rings. The molecule has 0 amide bonds. The fourth-order valence-corrected chi connectivity index (χ4v) is 12.0. The smallest absolute Gasteiger partial charge is 0.159 e. The molecule has 15 rings (SSSR count). The fraction of sp³-hybridized carbons (Fsp3) is 0.0606. The van der Waals surface area contributed by atoms with Crippen molar-refractivity contribution < 1.29 is 0 Å². The second kappa shape index (κ2) is 15.5. The van der Waals surface area contributed by atoms with Crippen LogP contribution >= 0.6 is 0 Å². The van der Waals surface area contributed by atoms with Gasteiger partial charge in [0.05, 0.1) is 17.1 Å². The predicted octanol–water partition coefficient (Wildman–Crippen LogP) is 16.2. The van der Waals surface area contributed by atoms with Gasteiger partial charge in [-0.1, -0.05) is 182 Å². The second-order valence-electron chi connectivity index (χ2n) is 19.4. The third-order valence-corrected chi connectivity index (χ3v) is 15.4. The molecule has 11 aromatic carbocycles. The van der Waals surface area contributed by atoms with Gasteiger partial charge in [0, 0.05) is 63.2 Å². The van der Waals surface area contributed by atoms with Gasteiger partial charge in [0.25, 0.3) is 0 Å². The van der Waals surface area contributed by atoms with Crippen molar-refractivity contribution in [1.29, 1.82) is 0 Å². The summed E-state index contributed by atoms with van der Waals surface area (Å²) in [5.41, 5.74) is 10.6. The molecule has 13 aromatic rings. The normalized spacial score (nSPS) is 16.0. The summed E-state index contributed by atoms with van der Waals surface area (Å²) < 4.78 is 5.14. The van der Waals surface area contributed by atoms with Crippen LogP contribution in [0.15, 0.2) is 234 Å². The van der Waals surface area contributed by atoms with Crippen LogP contribution in [0, 0.1) is 0 Å². The number of hydrogen-bond donors (Lipinski definition) is 0. The molecule has 2 atom stereocenters. The van der Waals surface area contributed by atoms with E-state index in [1.165, 1.54) is 87.1 Å². The van der Waals surface area contributed by atoms with Crippen molar-refractivity contribution in [2.45, 2.75) is 18.6 Å². The summed E-state index contributed by atoms with van der Waals surface area (Å²) in [5, 5.41) is 16.0. The minimum Gasteiger partial charge on any atom is -0.333 e. The Kier molecular flexibility index (Phi) is 8.69. The Morgan fingerprint density at radius 3 is 1.87 bits per heavy atom. The summed E-state index contributed by atoms with van der Waals surface area (Å²) >= 11 is 0. The number of benzene rings is 11. The lowest BCUT2D eigenvalue weighted by atomic mass is 9.97. The van der Waals surface area contributed by atoms with Gasteiger partial charge in [0.2, 0.25) is 0 Å². The first-order chi connectivity index (χ1) is 35.1. The Morgan fingerprint density at radius 2 is 1.07 bits per heavy atom. The highest BCUT2D eigenvalue weighted by atomic mass is 15.3. The van der Waals surface area contributed by atoms with E-state index in [4.69, 9.17) is 9.98 Å². The van der Waals surface area contributed by atoms with Crippen LogP contribution in [0.25, 0.3) is 98.3 Å². The number of fused-ring (bicyclic) bond motifs is 12. The second-order valence-corrected chi connectivity index (χ2v) is 19.4. The molecule has 5 heteroatoms. The first-order valence-electron chi connectivity index (χ1n) is 24.7. The SMILES string of the molecule is CN1C(c2cccc3ccc(-n4c5c(c6cc7ccccc7cc64)C=CC(n4c6ccccc6c6cc7ccccc7cc64)C5)cc23)=NC(c2ccc3ccc4ccccc4c3c2)=NC1c1ccccc1. The van der Waals surface area contributed by atoms with E-state index >= 15 is 0 Å². The maximum absolute atomic E-state index is 5.54. The Labute approximate surface area is 410 Å². The minimum atomic E-state index is -0.281. The van der Waals surface area contributed by atoms with Gasteiger partial charge in [0.15, 0.2) is 5.84 Å². The maximum Gasteiger partial charge on any atom is 0.159 e. The molecule has 0 bridgehead atoms. The molecule has 0 saturated heterocycles. The van der Waals surface area contributed by atoms with Crippen LogP contribution in [-0.4, -0.2) is 32.8 Å². The Morgan fingerprint density at radius 1 is 0.451 bits per heavy atom. The molecule has 0 radical (unpaired) electrons. The number of hydrogen-bond acceptors (Lipinski definition) is 3. The van der Waals surface area contributed by atoms with Crippen LogP contribution < -0.4 is 0 Å². The number of rotatable bonds is 5. The summed E-state index contributed by atoms with van der Waals surface area (Å²) in [6, 6.07) is 80.1. The molecule has 2 unspecified atom stereocenters.